The molecule has 1 rings (SSSR count). The summed E-state index contributed by atoms with van der Waals surface area (Å²) in [5.74, 6) is 1.52. The first kappa shape index (κ1) is 22.0. The van der Waals surface area contributed by atoms with E-state index >= 15 is 0 Å². The average Bonchev–Trinajstić information content (AvgIpc) is 2.41. The van der Waals surface area contributed by atoms with E-state index < -0.39 is 6.10 Å². The number of ether oxygens (including phenoxy) is 2. The van der Waals surface area contributed by atoms with E-state index in [4.69, 9.17) is 9.47 Å². The van der Waals surface area contributed by atoms with Crippen molar-refractivity contribution in [2.45, 2.75) is 52.7 Å². The number of rotatable bonds is 8. The Hall–Kier alpha value is -0.970. The highest BCUT2D eigenvalue weighted by atomic mass is 35.5. The summed E-state index contributed by atoms with van der Waals surface area (Å²) < 4.78 is 10.7. The Balaban J connectivity index is 0.00000484. The molecule has 1 atom stereocenters. The topological polar surface area (TPSA) is 50.7 Å². The van der Waals surface area contributed by atoms with Crippen molar-refractivity contribution in [2.24, 2.45) is 5.41 Å². The highest BCUT2D eigenvalue weighted by Crippen LogP contribution is 2.26. The molecule has 0 amide bonds. The fourth-order valence-electron chi connectivity index (χ4n) is 2.71. The summed E-state index contributed by atoms with van der Waals surface area (Å²) in [6.45, 7) is 11.8. The van der Waals surface area contributed by atoms with E-state index in [1.165, 1.54) is 0 Å². The standard InChI is InChI=1S/C18H31NO3.ClH/c1-17(2,3)13-18(4,5)19-11-14(20)12-22-16-9-7-15(21-6)8-10-16;/h7-10,14,19-20H,11-13H2,1-6H3;1H. The fraction of sp³-hybridized carbons (Fsp3) is 0.667. The van der Waals surface area contributed by atoms with E-state index in [1.54, 1.807) is 7.11 Å². The maximum atomic E-state index is 10.1. The Bertz CT molecular complexity index is 441. The summed E-state index contributed by atoms with van der Waals surface area (Å²) in [6, 6.07) is 7.35. The molecule has 2 N–H and O–H groups in total. The lowest BCUT2D eigenvalue weighted by molar-refractivity contribution is 0.0944. The Labute approximate surface area is 147 Å². The van der Waals surface area contributed by atoms with Gasteiger partial charge in [-0.2, -0.15) is 0 Å². The van der Waals surface area contributed by atoms with E-state index in [1.807, 2.05) is 24.3 Å². The van der Waals surface area contributed by atoms with E-state index in [0.717, 1.165) is 17.9 Å². The predicted octanol–water partition coefficient (Wildman–Crippen LogP) is 3.66. The molecule has 0 fully saturated rings. The quantitative estimate of drug-likeness (QED) is 0.755. The summed E-state index contributed by atoms with van der Waals surface area (Å²) >= 11 is 0. The van der Waals surface area contributed by atoms with E-state index in [9.17, 15) is 5.11 Å². The van der Waals surface area contributed by atoms with Gasteiger partial charge < -0.3 is 19.9 Å². The number of hydrogen-bond acceptors (Lipinski definition) is 4. The molecule has 0 saturated heterocycles. The summed E-state index contributed by atoms with van der Waals surface area (Å²) in [4.78, 5) is 0. The molecule has 4 nitrogen and oxygen atoms in total. The molecule has 0 aromatic heterocycles. The van der Waals surface area contributed by atoms with Crippen molar-refractivity contribution >= 4 is 12.4 Å². The number of methoxy groups -OCH3 is 1. The molecule has 23 heavy (non-hydrogen) atoms. The molecule has 0 bridgehead atoms. The molecule has 0 aliphatic heterocycles. The number of aliphatic hydroxyl groups is 1. The van der Waals surface area contributed by atoms with E-state index in [2.05, 4.69) is 39.9 Å². The van der Waals surface area contributed by atoms with Gasteiger partial charge in [0.1, 0.15) is 24.2 Å². The van der Waals surface area contributed by atoms with Gasteiger partial charge in [0.2, 0.25) is 0 Å². The molecule has 1 aromatic rings. The molecule has 0 aliphatic carbocycles. The van der Waals surface area contributed by atoms with Gasteiger partial charge in [0, 0.05) is 12.1 Å². The number of nitrogens with one attached hydrogen (secondary N) is 1. The second-order valence-electron chi connectivity index (χ2n) is 7.64. The number of halogens is 1. The van der Waals surface area contributed by atoms with Crippen LogP contribution in [0, 0.1) is 5.41 Å². The zero-order valence-electron chi connectivity index (χ0n) is 15.2. The van der Waals surface area contributed by atoms with Crippen molar-refractivity contribution < 1.29 is 14.6 Å². The highest BCUT2D eigenvalue weighted by molar-refractivity contribution is 5.85. The van der Waals surface area contributed by atoms with Gasteiger partial charge in [-0.25, -0.2) is 0 Å². The smallest absolute Gasteiger partial charge is 0.119 e. The van der Waals surface area contributed by atoms with Gasteiger partial charge in [0.05, 0.1) is 7.11 Å². The maximum absolute atomic E-state index is 10.1. The van der Waals surface area contributed by atoms with E-state index in [-0.39, 0.29) is 30.0 Å². The van der Waals surface area contributed by atoms with Crippen molar-refractivity contribution in [3.05, 3.63) is 24.3 Å². The largest absolute Gasteiger partial charge is 0.497 e. The molecule has 5 heteroatoms. The van der Waals surface area contributed by atoms with Crippen molar-refractivity contribution in [2.75, 3.05) is 20.3 Å². The zero-order chi connectivity index (χ0) is 16.8. The minimum atomic E-state index is -0.540. The van der Waals surface area contributed by atoms with Crippen LogP contribution >= 0.6 is 12.4 Å². The molecule has 0 spiro atoms. The molecule has 0 heterocycles. The lowest BCUT2D eigenvalue weighted by atomic mass is 9.82. The predicted molar refractivity (Wildman–Crippen MR) is 97.9 cm³/mol. The van der Waals surface area contributed by atoms with Crippen LogP contribution in [-0.2, 0) is 0 Å². The van der Waals surface area contributed by atoms with Crippen molar-refractivity contribution in [1.29, 1.82) is 0 Å². The van der Waals surface area contributed by atoms with Crippen LogP contribution in [0.4, 0.5) is 0 Å². The van der Waals surface area contributed by atoms with Crippen LogP contribution < -0.4 is 14.8 Å². The molecule has 0 aliphatic rings. The first-order valence-corrected chi connectivity index (χ1v) is 7.81. The SMILES string of the molecule is COc1ccc(OCC(O)CNC(C)(C)CC(C)(C)C)cc1.Cl. The average molecular weight is 346 g/mol. The molecule has 1 aromatic carbocycles. The van der Waals surface area contributed by atoms with Gasteiger partial charge in [0.15, 0.2) is 0 Å². The molecular weight excluding hydrogens is 314 g/mol. The van der Waals surface area contributed by atoms with Gasteiger partial charge in [-0.1, -0.05) is 20.8 Å². The zero-order valence-corrected chi connectivity index (χ0v) is 16.0. The van der Waals surface area contributed by atoms with Crippen LogP contribution in [0.5, 0.6) is 11.5 Å². The summed E-state index contributed by atoms with van der Waals surface area (Å²) in [5, 5.41) is 13.5. The van der Waals surface area contributed by atoms with Crippen LogP contribution in [-0.4, -0.2) is 37.0 Å². The Morgan fingerprint density at radius 2 is 1.57 bits per heavy atom. The first-order chi connectivity index (χ1) is 10.1. The maximum Gasteiger partial charge on any atom is 0.119 e. The fourth-order valence-corrected chi connectivity index (χ4v) is 2.71. The summed E-state index contributed by atoms with van der Waals surface area (Å²) in [6.07, 6.45) is 0.493. The van der Waals surface area contributed by atoms with Crippen LogP contribution in [0.25, 0.3) is 0 Å². The molecule has 134 valence electrons. The van der Waals surface area contributed by atoms with Gasteiger partial charge in [0.25, 0.3) is 0 Å². The second-order valence-corrected chi connectivity index (χ2v) is 7.64. The Morgan fingerprint density at radius 1 is 1.04 bits per heavy atom. The van der Waals surface area contributed by atoms with Gasteiger partial charge in [-0.05, 0) is 49.9 Å². The second kappa shape index (κ2) is 9.36. The van der Waals surface area contributed by atoms with Crippen LogP contribution in [0.2, 0.25) is 0 Å². The molecule has 0 saturated carbocycles. The third-order valence-electron chi connectivity index (χ3n) is 3.29. The third-order valence-corrected chi connectivity index (χ3v) is 3.29. The third kappa shape index (κ3) is 9.69. The summed E-state index contributed by atoms with van der Waals surface area (Å²) in [7, 11) is 1.63. The summed E-state index contributed by atoms with van der Waals surface area (Å²) in [5.41, 5.74) is 0.236. The van der Waals surface area contributed by atoms with Crippen molar-refractivity contribution in [1.82, 2.24) is 5.32 Å². The van der Waals surface area contributed by atoms with Gasteiger partial charge >= 0.3 is 0 Å². The van der Waals surface area contributed by atoms with E-state index in [0.29, 0.717) is 6.54 Å². The first-order valence-electron chi connectivity index (χ1n) is 7.81. The monoisotopic (exact) mass is 345 g/mol. The number of β-amino-alcohol motifs (C(OH)–C–C–N with tert-alkyl or cyclic N) is 1. The van der Waals surface area contributed by atoms with Crippen molar-refractivity contribution in [3.63, 3.8) is 0 Å². The van der Waals surface area contributed by atoms with Crippen LogP contribution in [0.1, 0.15) is 41.0 Å². The highest BCUT2D eigenvalue weighted by Gasteiger charge is 2.25. The Kier molecular flexibility index (Phi) is 8.96. The molecule has 1 unspecified atom stereocenters. The lowest BCUT2D eigenvalue weighted by Crippen LogP contribution is -2.46. The van der Waals surface area contributed by atoms with Crippen molar-refractivity contribution in [3.8, 4) is 11.5 Å². The number of aliphatic hydroxyl groups excluding tert-OH is 1. The minimum Gasteiger partial charge on any atom is -0.497 e. The normalized spacial score (nSPS) is 13.2. The number of hydrogen-bond donors (Lipinski definition) is 2. The molecule has 0 radical (unpaired) electrons. The lowest BCUT2D eigenvalue weighted by Gasteiger charge is -2.34. The minimum absolute atomic E-state index is 0. The van der Waals surface area contributed by atoms with Gasteiger partial charge in [-0.3, -0.25) is 0 Å². The number of benzene rings is 1. The Morgan fingerprint density at radius 3 is 2.04 bits per heavy atom. The van der Waals surface area contributed by atoms with Crippen LogP contribution in [0.15, 0.2) is 24.3 Å². The molecular formula is C18H32ClNO3. The van der Waals surface area contributed by atoms with Gasteiger partial charge in [-0.15, -0.1) is 12.4 Å². The van der Waals surface area contributed by atoms with Crippen LogP contribution in [0.3, 0.4) is 0 Å².